The van der Waals surface area contributed by atoms with Gasteiger partial charge in [-0.25, -0.2) is 0 Å². The van der Waals surface area contributed by atoms with Gasteiger partial charge in [0.15, 0.2) is 0 Å². The molecule has 1 aromatic heterocycles. The molecule has 0 aliphatic rings. The molecular weight excluding hydrogens is 224 g/mol. The number of thioether (sulfide) groups is 1. The lowest BCUT2D eigenvalue weighted by atomic mass is 10.3. The van der Waals surface area contributed by atoms with Gasteiger partial charge in [-0.2, -0.15) is 16.9 Å². The van der Waals surface area contributed by atoms with E-state index in [1.807, 2.05) is 0 Å². The number of aromatic nitrogens is 2. The average Bonchev–Trinajstić information content (AvgIpc) is 2.63. The van der Waals surface area contributed by atoms with Gasteiger partial charge in [-0.15, -0.1) is 0 Å². The fourth-order valence-electron chi connectivity index (χ4n) is 1.20. The fraction of sp³-hybridized carbons (Fsp3) is 0.600. The van der Waals surface area contributed by atoms with Crippen LogP contribution >= 0.6 is 11.8 Å². The van der Waals surface area contributed by atoms with Crippen molar-refractivity contribution in [3.63, 3.8) is 0 Å². The molecule has 1 heterocycles. The highest BCUT2D eigenvalue weighted by Crippen LogP contribution is 2.07. The SMILES string of the molecule is CSC(C)CCNC(=O)Cn1cc(N)cn1. The fourth-order valence-corrected chi connectivity index (χ4v) is 1.56. The summed E-state index contributed by atoms with van der Waals surface area (Å²) in [6.45, 7) is 3.08. The molecule has 1 rings (SSSR count). The van der Waals surface area contributed by atoms with Crippen molar-refractivity contribution in [3.05, 3.63) is 12.4 Å². The molecule has 0 radical (unpaired) electrons. The lowest BCUT2D eigenvalue weighted by Gasteiger charge is -2.09. The third-order valence-electron chi connectivity index (χ3n) is 2.23. The molecule has 1 amide bonds. The molecule has 0 saturated carbocycles. The summed E-state index contributed by atoms with van der Waals surface area (Å²) in [6.07, 6.45) is 6.22. The van der Waals surface area contributed by atoms with Crippen LogP contribution in [-0.2, 0) is 11.3 Å². The second-order valence-electron chi connectivity index (χ2n) is 3.66. The highest BCUT2D eigenvalue weighted by Gasteiger charge is 2.04. The predicted molar refractivity (Wildman–Crippen MR) is 67.2 cm³/mol. The van der Waals surface area contributed by atoms with Crippen LogP contribution in [-0.4, -0.2) is 33.7 Å². The molecule has 0 spiro atoms. The molecule has 0 aliphatic carbocycles. The Morgan fingerprint density at radius 3 is 3.06 bits per heavy atom. The van der Waals surface area contributed by atoms with Crippen LogP contribution < -0.4 is 11.1 Å². The van der Waals surface area contributed by atoms with E-state index < -0.39 is 0 Å². The molecule has 3 N–H and O–H groups in total. The Morgan fingerprint density at radius 2 is 2.50 bits per heavy atom. The van der Waals surface area contributed by atoms with Crippen molar-refractivity contribution in [2.24, 2.45) is 0 Å². The second-order valence-corrected chi connectivity index (χ2v) is 4.93. The lowest BCUT2D eigenvalue weighted by Crippen LogP contribution is -2.29. The van der Waals surface area contributed by atoms with Gasteiger partial charge in [-0.05, 0) is 12.7 Å². The monoisotopic (exact) mass is 242 g/mol. The predicted octanol–water partition coefficient (Wildman–Crippen LogP) is 0.723. The molecule has 6 heteroatoms. The van der Waals surface area contributed by atoms with Crippen LogP contribution in [0.2, 0.25) is 0 Å². The van der Waals surface area contributed by atoms with Gasteiger partial charge in [0.25, 0.3) is 0 Å². The maximum Gasteiger partial charge on any atom is 0.241 e. The zero-order valence-electron chi connectivity index (χ0n) is 9.64. The topological polar surface area (TPSA) is 72.9 Å². The van der Waals surface area contributed by atoms with E-state index in [4.69, 9.17) is 5.73 Å². The first-order chi connectivity index (χ1) is 7.61. The number of nitrogens with one attached hydrogen (secondary N) is 1. The summed E-state index contributed by atoms with van der Waals surface area (Å²) in [6, 6.07) is 0. The van der Waals surface area contributed by atoms with Gasteiger partial charge < -0.3 is 11.1 Å². The van der Waals surface area contributed by atoms with Gasteiger partial charge in [-0.1, -0.05) is 6.92 Å². The Balaban J connectivity index is 2.21. The van der Waals surface area contributed by atoms with Gasteiger partial charge >= 0.3 is 0 Å². The molecule has 0 aromatic carbocycles. The van der Waals surface area contributed by atoms with E-state index in [2.05, 4.69) is 23.6 Å². The van der Waals surface area contributed by atoms with Crippen LogP contribution in [0.25, 0.3) is 0 Å². The van der Waals surface area contributed by atoms with Crippen molar-refractivity contribution >= 4 is 23.4 Å². The second kappa shape index (κ2) is 6.42. The van der Waals surface area contributed by atoms with Gasteiger partial charge in [0.2, 0.25) is 5.91 Å². The molecule has 16 heavy (non-hydrogen) atoms. The summed E-state index contributed by atoms with van der Waals surface area (Å²) in [5.74, 6) is -0.0311. The Labute approximate surface area is 99.8 Å². The summed E-state index contributed by atoms with van der Waals surface area (Å²) in [5.41, 5.74) is 6.07. The number of hydrogen-bond acceptors (Lipinski definition) is 4. The van der Waals surface area contributed by atoms with Gasteiger partial charge in [0, 0.05) is 18.0 Å². The van der Waals surface area contributed by atoms with E-state index in [0.29, 0.717) is 17.5 Å². The number of amides is 1. The van der Waals surface area contributed by atoms with Crippen molar-refractivity contribution in [3.8, 4) is 0 Å². The van der Waals surface area contributed by atoms with Crippen molar-refractivity contribution < 1.29 is 4.79 Å². The van der Waals surface area contributed by atoms with E-state index >= 15 is 0 Å². The van der Waals surface area contributed by atoms with Crippen LogP contribution in [0.3, 0.4) is 0 Å². The quantitative estimate of drug-likeness (QED) is 0.771. The summed E-state index contributed by atoms with van der Waals surface area (Å²) < 4.78 is 1.53. The van der Waals surface area contributed by atoms with Gasteiger partial charge in [0.1, 0.15) is 6.54 Å². The normalized spacial score (nSPS) is 12.4. The molecule has 0 bridgehead atoms. The first kappa shape index (κ1) is 12.9. The molecule has 0 fully saturated rings. The smallest absolute Gasteiger partial charge is 0.241 e. The first-order valence-electron chi connectivity index (χ1n) is 5.19. The minimum Gasteiger partial charge on any atom is -0.396 e. The van der Waals surface area contributed by atoms with Crippen LogP contribution in [0, 0.1) is 0 Å². The maximum absolute atomic E-state index is 11.5. The molecule has 0 aliphatic heterocycles. The minimum atomic E-state index is -0.0311. The standard InChI is InChI=1S/C10H18N4OS/c1-8(16-2)3-4-12-10(15)7-14-6-9(11)5-13-14/h5-6,8H,3-4,7,11H2,1-2H3,(H,12,15). The summed E-state index contributed by atoms with van der Waals surface area (Å²) in [4.78, 5) is 11.5. The summed E-state index contributed by atoms with van der Waals surface area (Å²) in [7, 11) is 0. The zero-order chi connectivity index (χ0) is 12.0. The van der Waals surface area contributed by atoms with Crippen molar-refractivity contribution in [1.82, 2.24) is 15.1 Å². The number of nitrogens with two attached hydrogens (primary N) is 1. The number of rotatable bonds is 6. The van der Waals surface area contributed by atoms with Crippen LogP contribution in [0.15, 0.2) is 12.4 Å². The number of anilines is 1. The van der Waals surface area contributed by atoms with E-state index in [1.165, 1.54) is 10.9 Å². The van der Waals surface area contributed by atoms with Gasteiger partial charge in [-0.3, -0.25) is 9.48 Å². The van der Waals surface area contributed by atoms with Crippen LogP contribution in [0.1, 0.15) is 13.3 Å². The van der Waals surface area contributed by atoms with Crippen LogP contribution in [0.4, 0.5) is 5.69 Å². The van der Waals surface area contributed by atoms with Crippen molar-refractivity contribution in [1.29, 1.82) is 0 Å². The number of nitrogen functional groups attached to an aromatic ring is 1. The molecular formula is C10H18N4OS. The van der Waals surface area contributed by atoms with E-state index in [9.17, 15) is 4.79 Å². The van der Waals surface area contributed by atoms with Crippen molar-refractivity contribution in [2.45, 2.75) is 25.1 Å². The largest absolute Gasteiger partial charge is 0.396 e. The highest BCUT2D eigenvalue weighted by atomic mass is 32.2. The van der Waals surface area contributed by atoms with E-state index in [-0.39, 0.29) is 12.5 Å². The Morgan fingerprint density at radius 1 is 1.75 bits per heavy atom. The minimum absolute atomic E-state index is 0.0311. The molecule has 1 atom stereocenters. The number of carbonyl (C=O) groups excluding carboxylic acids is 1. The average molecular weight is 242 g/mol. The third-order valence-corrected chi connectivity index (χ3v) is 3.27. The molecule has 1 unspecified atom stereocenters. The summed E-state index contributed by atoms with van der Waals surface area (Å²) >= 11 is 1.80. The van der Waals surface area contributed by atoms with Crippen LogP contribution in [0.5, 0.6) is 0 Å². The van der Waals surface area contributed by atoms with E-state index in [0.717, 1.165) is 6.42 Å². The molecule has 90 valence electrons. The highest BCUT2D eigenvalue weighted by molar-refractivity contribution is 7.99. The first-order valence-corrected chi connectivity index (χ1v) is 6.48. The Kier molecular flexibility index (Phi) is 5.18. The number of carbonyl (C=O) groups is 1. The number of hydrogen-bond donors (Lipinski definition) is 2. The zero-order valence-corrected chi connectivity index (χ0v) is 10.5. The maximum atomic E-state index is 11.5. The Bertz CT molecular complexity index is 339. The number of nitrogens with zero attached hydrogens (tertiary/aromatic N) is 2. The van der Waals surface area contributed by atoms with Crippen molar-refractivity contribution in [2.75, 3.05) is 18.5 Å². The lowest BCUT2D eigenvalue weighted by molar-refractivity contribution is -0.121. The molecule has 5 nitrogen and oxygen atoms in total. The summed E-state index contributed by atoms with van der Waals surface area (Å²) in [5, 5.41) is 7.36. The van der Waals surface area contributed by atoms with Gasteiger partial charge in [0.05, 0.1) is 11.9 Å². The van der Waals surface area contributed by atoms with E-state index in [1.54, 1.807) is 18.0 Å². The third kappa shape index (κ3) is 4.57. The Hall–Kier alpha value is -1.17. The molecule has 0 saturated heterocycles. The molecule has 1 aromatic rings.